The van der Waals surface area contributed by atoms with Crippen molar-refractivity contribution in [2.45, 2.75) is 18.9 Å². The average molecular weight is 253 g/mol. The van der Waals surface area contributed by atoms with Crippen LogP contribution in [0.3, 0.4) is 0 Å². The minimum atomic E-state index is -0.896. The summed E-state index contributed by atoms with van der Waals surface area (Å²) in [7, 11) is 0. The highest BCUT2D eigenvalue weighted by Gasteiger charge is 2.27. The molecule has 0 saturated carbocycles. The molecule has 1 atom stereocenters. The van der Waals surface area contributed by atoms with E-state index >= 15 is 0 Å². The fourth-order valence-corrected chi connectivity index (χ4v) is 3.07. The summed E-state index contributed by atoms with van der Waals surface area (Å²) in [5.41, 5.74) is 0.212. The van der Waals surface area contributed by atoms with E-state index < -0.39 is 5.60 Å². The molecule has 16 heavy (non-hydrogen) atoms. The largest absolute Gasteiger partial charge is 0.384 e. The van der Waals surface area contributed by atoms with Crippen molar-refractivity contribution < 1.29 is 5.11 Å². The Balaban J connectivity index is 2.24. The van der Waals surface area contributed by atoms with Crippen molar-refractivity contribution in [3.05, 3.63) is 57.2 Å². The molecule has 0 aliphatic rings. The highest BCUT2D eigenvalue weighted by Crippen LogP contribution is 2.35. The van der Waals surface area contributed by atoms with Crippen molar-refractivity contribution >= 4 is 22.9 Å². The summed E-state index contributed by atoms with van der Waals surface area (Å²) in [4.78, 5) is 0.831. The molecule has 1 aromatic carbocycles. The average Bonchev–Trinajstić information content (AvgIpc) is 2.66. The van der Waals surface area contributed by atoms with Crippen molar-refractivity contribution in [1.82, 2.24) is 0 Å². The van der Waals surface area contributed by atoms with Crippen LogP contribution in [0.2, 0.25) is 5.02 Å². The minimum Gasteiger partial charge on any atom is -0.384 e. The first-order valence-corrected chi connectivity index (χ1v) is 6.35. The second-order valence-electron chi connectivity index (χ2n) is 4.03. The molecule has 0 amide bonds. The molecule has 3 heteroatoms. The van der Waals surface area contributed by atoms with Gasteiger partial charge in [-0.25, -0.2) is 0 Å². The number of aliphatic hydroxyl groups is 1. The van der Waals surface area contributed by atoms with Gasteiger partial charge < -0.3 is 5.11 Å². The first-order chi connectivity index (χ1) is 7.59. The van der Waals surface area contributed by atoms with Gasteiger partial charge in [0.2, 0.25) is 0 Å². The van der Waals surface area contributed by atoms with Gasteiger partial charge in [0.25, 0.3) is 0 Å². The molecule has 1 aromatic heterocycles. The quantitative estimate of drug-likeness (QED) is 0.880. The fraction of sp³-hybridized carbons (Fsp3) is 0.231. The van der Waals surface area contributed by atoms with Crippen molar-refractivity contribution in [2.75, 3.05) is 0 Å². The molecule has 0 aliphatic carbocycles. The van der Waals surface area contributed by atoms with Crippen molar-refractivity contribution in [3.63, 3.8) is 0 Å². The maximum Gasteiger partial charge on any atom is 0.101 e. The molecule has 1 nitrogen and oxygen atoms in total. The summed E-state index contributed by atoms with van der Waals surface area (Å²) < 4.78 is 0. The maximum atomic E-state index is 10.4. The summed E-state index contributed by atoms with van der Waals surface area (Å²) in [6, 6.07) is 11.8. The van der Waals surface area contributed by atoms with Gasteiger partial charge in [-0.15, -0.1) is 11.3 Å². The molecule has 0 saturated heterocycles. The lowest BCUT2D eigenvalue weighted by atomic mass is 9.95. The Hall–Kier alpha value is -0.830. The summed E-state index contributed by atoms with van der Waals surface area (Å²) in [5, 5.41) is 13.0. The molecular formula is C13H13ClOS. The van der Waals surface area contributed by atoms with E-state index in [-0.39, 0.29) is 0 Å². The smallest absolute Gasteiger partial charge is 0.101 e. The zero-order chi connectivity index (χ0) is 11.6. The van der Waals surface area contributed by atoms with Gasteiger partial charge in [-0.05, 0) is 23.9 Å². The molecule has 1 N–H and O–H groups in total. The SMILES string of the molecule is CC(O)(Cc1ccccc1)c1sccc1Cl. The lowest BCUT2D eigenvalue weighted by molar-refractivity contribution is 0.0616. The van der Waals surface area contributed by atoms with Crippen LogP contribution in [0, 0.1) is 0 Å². The number of hydrogen-bond acceptors (Lipinski definition) is 2. The number of benzene rings is 1. The Morgan fingerprint density at radius 1 is 1.25 bits per heavy atom. The first-order valence-electron chi connectivity index (χ1n) is 5.09. The van der Waals surface area contributed by atoms with Crippen LogP contribution >= 0.6 is 22.9 Å². The lowest BCUT2D eigenvalue weighted by Crippen LogP contribution is -2.23. The number of rotatable bonds is 3. The van der Waals surface area contributed by atoms with E-state index in [9.17, 15) is 5.11 Å². The number of halogens is 1. The van der Waals surface area contributed by atoms with Gasteiger partial charge >= 0.3 is 0 Å². The summed E-state index contributed by atoms with van der Waals surface area (Å²) in [5.74, 6) is 0. The maximum absolute atomic E-state index is 10.4. The van der Waals surface area contributed by atoms with E-state index in [1.54, 1.807) is 6.92 Å². The lowest BCUT2D eigenvalue weighted by Gasteiger charge is -2.22. The van der Waals surface area contributed by atoms with Crippen LogP contribution in [-0.4, -0.2) is 5.11 Å². The molecule has 0 fully saturated rings. The molecule has 0 bridgehead atoms. The van der Waals surface area contributed by atoms with Gasteiger partial charge in [0.1, 0.15) is 5.60 Å². The molecular weight excluding hydrogens is 240 g/mol. The molecule has 0 aliphatic heterocycles. The Morgan fingerprint density at radius 2 is 1.94 bits per heavy atom. The number of hydrogen-bond donors (Lipinski definition) is 1. The third-order valence-corrected chi connectivity index (χ3v) is 4.09. The molecule has 0 radical (unpaired) electrons. The molecule has 1 unspecified atom stereocenters. The van der Waals surface area contributed by atoms with Crippen LogP contribution in [0.5, 0.6) is 0 Å². The Kier molecular flexibility index (Phi) is 3.33. The van der Waals surface area contributed by atoms with Crippen LogP contribution in [0.15, 0.2) is 41.8 Å². The van der Waals surface area contributed by atoms with Crippen LogP contribution in [-0.2, 0) is 12.0 Å². The highest BCUT2D eigenvalue weighted by atomic mass is 35.5. The predicted molar refractivity (Wildman–Crippen MR) is 69.0 cm³/mol. The van der Waals surface area contributed by atoms with E-state index in [2.05, 4.69) is 0 Å². The van der Waals surface area contributed by atoms with E-state index in [1.807, 2.05) is 41.8 Å². The summed E-state index contributed by atoms with van der Waals surface area (Å²) in [6.45, 7) is 1.80. The predicted octanol–water partition coefficient (Wildman–Crippen LogP) is 3.85. The topological polar surface area (TPSA) is 20.2 Å². The Labute approximate surface area is 104 Å². The van der Waals surface area contributed by atoms with Gasteiger partial charge in [0, 0.05) is 6.42 Å². The van der Waals surface area contributed by atoms with Crippen molar-refractivity contribution in [1.29, 1.82) is 0 Å². The number of thiophene rings is 1. The molecule has 2 aromatic rings. The zero-order valence-electron chi connectivity index (χ0n) is 8.98. The molecule has 2 rings (SSSR count). The third kappa shape index (κ3) is 2.46. The molecule has 84 valence electrons. The van der Waals surface area contributed by atoms with Gasteiger partial charge in [0.15, 0.2) is 0 Å². The second-order valence-corrected chi connectivity index (χ2v) is 5.36. The van der Waals surface area contributed by atoms with Crippen molar-refractivity contribution in [2.24, 2.45) is 0 Å². The molecule has 0 spiro atoms. The zero-order valence-corrected chi connectivity index (χ0v) is 10.6. The molecule has 1 heterocycles. The van der Waals surface area contributed by atoms with E-state index in [0.717, 1.165) is 10.4 Å². The fourth-order valence-electron chi connectivity index (χ4n) is 1.75. The Bertz CT molecular complexity index is 462. The van der Waals surface area contributed by atoms with Crippen molar-refractivity contribution in [3.8, 4) is 0 Å². The van der Waals surface area contributed by atoms with Crippen LogP contribution < -0.4 is 0 Å². The third-order valence-electron chi connectivity index (χ3n) is 2.50. The monoisotopic (exact) mass is 252 g/mol. The standard InChI is InChI=1S/C13H13ClOS/c1-13(15,12-11(14)7-8-16-12)9-10-5-3-2-4-6-10/h2-8,15H,9H2,1H3. The van der Waals surface area contributed by atoms with Gasteiger partial charge in [-0.2, -0.15) is 0 Å². The van der Waals surface area contributed by atoms with E-state index in [1.165, 1.54) is 11.3 Å². The van der Waals surface area contributed by atoms with Gasteiger partial charge in [0.05, 0.1) is 9.90 Å². The normalized spacial score (nSPS) is 14.7. The van der Waals surface area contributed by atoms with Crippen LogP contribution in [0.4, 0.5) is 0 Å². The Morgan fingerprint density at radius 3 is 2.50 bits per heavy atom. The minimum absolute atomic E-state index is 0.577. The first kappa shape index (κ1) is 11.6. The van der Waals surface area contributed by atoms with Gasteiger partial charge in [-0.1, -0.05) is 41.9 Å². The van der Waals surface area contributed by atoms with Crippen LogP contribution in [0.25, 0.3) is 0 Å². The van der Waals surface area contributed by atoms with E-state index in [4.69, 9.17) is 11.6 Å². The summed E-state index contributed by atoms with van der Waals surface area (Å²) in [6.07, 6.45) is 0.577. The highest BCUT2D eigenvalue weighted by molar-refractivity contribution is 7.10. The summed E-state index contributed by atoms with van der Waals surface area (Å²) >= 11 is 7.53. The van der Waals surface area contributed by atoms with E-state index in [0.29, 0.717) is 11.4 Å². The van der Waals surface area contributed by atoms with Gasteiger partial charge in [-0.3, -0.25) is 0 Å². The van der Waals surface area contributed by atoms with Crippen LogP contribution in [0.1, 0.15) is 17.4 Å². The second kappa shape index (κ2) is 4.58.